The Hall–Kier alpha value is -5.41. The minimum atomic E-state index is -0.236. The van der Waals surface area contributed by atoms with Gasteiger partial charge < -0.3 is 9.32 Å². The second-order valence-corrected chi connectivity index (χ2v) is 14.1. The Morgan fingerprint density at radius 2 is 1.35 bits per heavy atom. The fourth-order valence-corrected chi connectivity index (χ4v) is 8.34. The molecule has 2 aromatic heterocycles. The van der Waals surface area contributed by atoms with E-state index in [1.807, 2.05) is 0 Å². The first-order valence-electron chi connectivity index (χ1n) is 17.0. The van der Waals surface area contributed by atoms with Gasteiger partial charge in [-0.25, -0.2) is 0 Å². The molecule has 0 amide bonds. The molecule has 3 aliphatic rings. The van der Waals surface area contributed by atoms with E-state index < -0.39 is 0 Å². The van der Waals surface area contributed by atoms with Gasteiger partial charge in [-0.15, -0.1) is 0 Å². The molecule has 0 radical (unpaired) electrons. The van der Waals surface area contributed by atoms with Gasteiger partial charge in [-0.2, -0.15) is 0 Å². The normalized spacial score (nSPS) is 18.7. The van der Waals surface area contributed by atoms with E-state index in [1.54, 1.807) is 0 Å². The smallest absolute Gasteiger partial charge is 0.141 e. The van der Waals surface area contributed by atoms with E-state index in [0.29, 0.717) is 5.92 Å². The number of nitrogens with zero attached hydrogens (tertiary/aromatic N) is 2. The van der Waals surface area contributed by atoms with Crippen LogP contribution in [-0.2, 0) is 11.8 Å². The molecule has 2 unspecified atom stereocenters. The summed E-state index contributed by atoms with van der Waals surface area (Å²) in [6, 6.07) is 43.5. The first-order valence-corrected chi connectivity index (χ1v) is 17.0. The standard InChI is InChI=1S/C45H38N2O/c1-28-23-24-39-34(25-28)41-40-32-19-11-13-21-35(32)45(2,3)36-22-14-12-20-33(36)42(40)47(4)43(44(41)48-39)38-27-31(29-15-7-5-8-16-29)26-37(46-38)30-17-9-6-10-18-30/h5-24,26-28,43H,25H2,1-4H3. The average Bonchev–Trinajstić information content (AvgIpc) is 3.45. The first kappa shape index (κ1) is 28.8. The molecule has 1 aliphatic heterocycles. The van der Waals surface area contributed by atoms with Gasteiger partial charge in [0, 0.05) is 40.3 Å². The first-order chi connectivity index (χ1) is 23.4. The molecule has 4 aromatic carbocycles. The van der Waals surface area contributed by atoms with Crippen LogP contribution in [0.5, 0.6) is 0 Å². The lowest BCUT2D eigenvalue weighted by molar-refractivity contribution is 0.329. The van der Waals surface area contributed by atoms with Crippen molar-refractivity contribution < 1.29 is 4.42 Å². The van der Waals surface area contributed by atoms with Crippen molar-refractivity contribution in [1.29, 1.82) is 0 Å². The summed E-state index contributed by atoms with van der Waals surface area (Å²) in [4.78, 5) is 7.92. The SMILES string of the molecule is CC1C=Cc2oc3c(c2C1)C1=C(c2ccccc2C(C)(C)c2ccccc21)N(C)C3c1cc(-c2ccccc2)cc(-c2ccccc2)n1. The maximum Gasteiger partial charge on any atom is 0.141 e. The van der Waals surface area contributed by atoms with E-state index in [2.05, 4.69) is 166 Å². The van der Waals surface area contributed by atoms with Crippen molar-refractivity contribution in [2.45, 2.75) is 38.6 Å². The van der Waals surface area contributed by atoms with Gasteiger partial charge in [-0.3, -0.25) is 4.98 Å². The minimum absolute atomic E-state index is 0.204. The minimum Gasteiger partial charge on any atom is -0.458 e. The molecule has 0 saturated carbocycles. The van der Waals surface area contributed by atoms with Crippen LogP contribution in [0.15, 0.2) is 132 Å². The van der Waals surface area contributed by atoms with E-state index in [-0.39, 0.29) is 11.5 Å². The van der Waals surface area contributed by atoms with Crippen molar-refractivity contribution >= 4 is 17.3 Å². The van der Waals surface area contributed by atoms with Gasteiger partial charge in [-0.1, -0.05) is 136 Å². The Morgan fingerprint density at radius 1 is 0.729 bits per heavy atom. The second kappa shape index (κ2) is 10.8. The number of benzene rings is 4. The molecule has 48 heavy (non-hydrogen) atoms. The zero-order chi connectivity index (χ0) is 32.6. The molecule has 9 rings (SSSR count). The highest BCUT2D eigenvalue weighted by molar-refractivity contribution is 6.04. The molecule has 3 heterocycles. The molecule has 2 aliphatic carbocycles. The van der Waals surface area contributed by atoms with Gasteiger partial charge in [0.05, 0.1) is 17.1 Å². The highest BCUT2D eigenvalue weighted by Crippen LogP contribution is 2.56. The van der Waals surface area contributed by atoms with Crippen LogP contribution in [0.1, 0.15) is 77.4 Å². The second-order valence-electron chi connectivity index (χ2n) is 14.1. The Kier molecular flexibility index (Phi) is 6.49. The number of furan rings is 1. The molecule has 3 nitrogen and oxygen atoms in total. The third-order valence-corrected chi connectivity index (χ3v) is 10.7. The number of aromatic nitrogens is 1. The summed E-state index contributed by atoms with van der Waals surface area (Å²) in [5.74, 6) is 2.38. The average molecular weight is 623 g/mol. The van der Waals surface area contributed by atoms with Crippen LogP contribution in [-0.4, -0.2) is 16.9 Å². The molecular formula is C45H38N2O. The fourth-order valence-electron chi connectivity index (χ4n) is 8.34. The lowest BCUT2D eigenvalue weighted by Crippen LogP contribution is -2.30. The van der Waals surface area contributed by atoms with Crippen LogP contribution < -0.4 is 0 Å². The highest BCUT2D eigenvalue weighted by atomic mass is 16.3. The predicted molar refractivity (Wildman–Crippen MR) is 196 cm³/mol. The summed E-state index contributed by atoms with van der Waals surface area (Å²) in [5.41, 5.74) is 15.4. The Balaban J connectivity index is 1.38. The van der Waals surface area contributed by atoms with Crippen LogP contribution in [0, 0.1) is 5.92 Å². The maximum atomic E-state index is 7.05. The molecule has 0 fully saturated rings. The van der Waals surface area contributed by atoms with Gasteiger partial charge in [0.25, 0.3) is 0 Å². The topological polar surface area (TPSA) is 29.3 Å². The number of rotatable bonds is 3. The Labute approximate surface area is 282 Å². The van der Waals surface area contributed by atoms with Crippen LogP contribution in [0.2, 0.25) is 0 Å². The van der Waals surface area contributed by atoms with Gasteiger partial charge in [0.2, 0.25) is 0 Å². The van der Waals surface area contributed by atoms with Crippen molar-refractivity contribution in [1.82, 2.24) is 9.88 Å². The summed E-state index contributed by atoms with van der Waals surface area (Å²) in [5, 5.41) is 0. The van der Waals surface area contributed by atoms with Gasteiger partial charge in [-0.05, 0) is 58.4 Å². The fraction of sp³-hybridized carbons (Fsp3) is 0.178. The molecule has 0 saturated heterocycles. The number of allylic oxidation sites excluding steroid dienone is 1. The van der Waals surface area contributed by atoms with E-state index in [0.717, 1.165) is 40.5 Å². The summed E-state index contributed by atoms with van der Waals surface area (Å²) >= 11 is 0. The highest BCUT2D eigenvalue weighted by Gasteiger charge is 2.44. The molecule has 6 aromatic rings. The summed E-state index contributed by atoms with van der Waals surface area (Å²) in [6.45, 7) is 7.04. The van der Waals surface area contributed by atoms with Crippen LogP contribution in [0.4, 0.5) is 0 Å². The van der Waals surface area contributed by atoms with E-state index >= 15 is 0 Å². The van der Waals surface area contributed by atoms with E-state index in [9.17, 15) is 0 Å². The van der Waals surface area contributed by atoms with Gasteiger partial charge in [0.15, 0.2) is 0 Å². The predicted octanol–water partition coefficient (Wildman–Crippen LogP) is 10.8. The Bertz CT molecular complexity index is 2210. The number of pyridine rings is 1. The lowest BCUT2D eigenvalue weighted by atomic mass is 9.75. The molecular weight excluding hydrogens is 585 g/mol. The summed E-state index contributed by atoms with van der Waals surface area (Å²) in [6.07, 6.45) is 5.42. The van der Waals surface area contributed by atoms with Crippen molar-refractivity contribution in [3.8, 4) is 22.4 Å². The third-order valence-electron chi connectivity index (χ3n) is 10.7. The van der Waals surface area contributed by atoms with Crippen molar-refractivity contribution in [3.63, 3.8) is 0 Å². The largest absolute Gasteiger partial charge is 0.458 e. The molecule has 3 heteroatoms. The van der Waals surface area contributed by atoms with Crippen molar-refractivity contribution in [2.24, 2.45) is 5.92 Å². The molecule has 0 bridgehead atoms. The number of hydrogen-bond acceptors (Lipinski definition) is 3. The quantitative estimate of drug-likeness (QED) is 0.197. The number of hydrogen-bond donors (Lipinski definition) is 0. The third kappa shape index (κ3) is 4.30. The van der Waals surface area contributed by atoms with Crippen molar-refractivity contribution in [3.05, 3.63) is 178 Å². The summed E-state index contributed by atoms with van der Waals surface area (Å²) < 4.78 is 7.05. The molecule has 0 spiro atoms. The van der Waals surface area contributed by atoms with E-state index in [4.69, 9.17) is 9.40 Å². The van der Waals surface area contributed by atoms with Crippen LogP contribution in [0.3, 0.4) is 0 Å². The van der Waals surface area contributed by atoms with Crippen molar-refractivity contribution in [2.75, 3.05) is 7.05 Å². The summed E-state index contributed by atoms with van der Waals surface area (Å²) in [7, 11) is 2.24. The van der Waals surface area contributed by atoms with Crippen LogP contribution in [0.25, 0.3) is 39.7 Å². The molecule has 0 N–H and O–H groups in total. The molecule has 234 valence electrons. The number of fused-ring (bicyclic) bond motifs is 8. The van der Waals surface area contributed by atoms with E-state index in [1.165, 1.54) is 50.2 Å². The monoisotopic (exact) mass is 622 g/mol. The van der Waals surface area contributed by atoms with Crippen LogP contribution >= 0.6 is 0 Å². The lowest BCUT2D eigenvalue weighted by Gasteiger charge is -2.38. The maximum absolute atomic E-state index is 7.05. The zero-order valence-electron chi connectivity index (χ0n) is 27.9. The zero-order valence-corrected chi connectivity index (χ0v) is 27.9. The molecule has 2 atom stereocenters. The van der Waals surface area contributed by atoms with Gasteiger partial charge >= 0.3 is 0 Å². The Morgan fingerprint density at radius 3 is 2.08 bits per heavy atom. The van der Waals surface area contributed by atoms with Gasteiger partial charge in [0.1, 0.15) is 17.6 Å².